The van der Waals surface area contributed by atoms with Crippen LogP contribution in [0.25, 0.3) is 0 Å². The Balaban J connectivity index is 3.45. The second kappa shape index (κ2) is 19.2. The average molecular weight is 397 g/mol. The van der Waals surface area contributed by atoms with Gasteiger partial charge in [-0.15, -0.1) is 0 Å². The highest BCUT2D eigenvalue weighted by Gasteiger charge is 2.21. The molecule has 0 spiro atoms. The van der Waals surface area contributed by atoms with Crippen molar-refractivity contribution in [3.63, 3.8) is 0 Å². The highest BCUT2D eigenvalue weighted by molar-refractivity contribution is 5.91. The fourth-order valence-corrected chi connectivity index (χ4v) is 3.27. The molecule has 0 saturated heterocycles. The lowest BCUT2D eigenvalue weighted by molar-refractivity contribution is -0.153. The molecule has 4 heteroatoms. The van der Waals surface area contributed by atoms with E-state index < -0.39 is 18.7 Å². The molecule has 0 aliphatic heterocycles. The number of hydrogen-bond acceptors (Lipinski definition) is 4. The SMILES string of the molecule is C=C(C)C(=O)OC(CO)C(=O)CCCCCCCCCCCCCCCCC. The van der Waals surface area contributed by atoms with Crippen LogP contribution < -0.4 is 0 Å². The van der Waals surface area contributed by atoms with Gasteiger partial charge in [0.05, 0.1) is 6.61 Å². The molecule has 4 nitrogen and oxygen atoms in total. The zero-order valence-corrected chi connectivity index (χ0v) is 18.5. The van der Waals surface area contributed by atoms with Gasteiger partial charge in [-0.1, -0.05) is 103 Å². The second-order valence-corrected chi connectivity index (χ2v) is 8.02. The van der Waals surface area contributed by atoms with Gasteiger partial charge < -0.3 is 9.84 Å². The third-order valence-electron chi connectivity index (χ3n) is 5.15. The average Bonchev–Trinajstić information content (AvgIpc) is 2.68. The summed E-state index contributed by atoms with van der Waals surface area (Å²) < 4.78 is 4.96. The molecule has 0 amide bonds. The monoisotopic (exact) mass is 396 g/mol. The second-order valence-electron chi connectivity index (χ2n) is 8.02. The molecule has 1 N–H and O–H groups in total. The number of hydrogen-bond donors (Lipinski definition) is 1. The van der Waals surface area contributed by atoms with Gasteiger partial charge in [0.1, 0.15) is 0 Å². The van der Waals surface area contributed by atoms with Gasteiger partial charge in [0.15, 0.2) is 11.9 Å². The molecule has 0 aromatic heterocycles. The molecule has 0 aromatic rings. The molecule has 0 aliphatic rings. The zero-order valence-electron chi connectivity index (χ0n) is 18.5. The molecule has 1 unspecified atom stereocenters. The number of ketones is 1. The summed E-state index contributed by atoms with van der Waals surface area (Å²) in [7, 11) is 0. The lowest BCUT2D eigenvalue weighted by Gasteiger charge is -2.14. The minimum absolute atomic E-state index is 0.202. The van der Waals surface area contributed by atoms with E-state index in [9.17, 15) is 14.7 Å². The quantitative estimate of drug-likeness (QED) is 0.149. The molecule has 0 heterocycles. The van der Waals surface area contributed by atoms with Crippen LogP contribution in [0.3, 0.4) is 0 Å². The summed E-state index contributed by atoms with van der Waals surface area (Å²) in [5.41, 5.74) is 0.234. The van der Waals surface area contributed by atoms with Crippen molar-refractivity contribution < 1.29 is 19.4 Å². The fourth-order valence-electron chi connectivity index (χ4n) is 3.27. The van der Waals surface area contributed by atoms with Crippen molar-refractivity contribution in [2.75, 3.05) is 6.61 Å². The van der Waals surface area contributed by atoms with Crippen molar-refractivity contribution in [2.45, 2.75) is 123 Å². The van der Waals surface area contributed by atoms with Crippen LogP contribution in [0.5, 0.6) is 0 Å². The summed E-state index contributed by atoms with van der Waals surface area (Å²) >= 11 is 0. The van der Waals surface area contributed by atoms with Crippen LogP contribution in [0, 0.1) is 0 Å². The smallest absolute Gasteiger partial charge is 0.333 e. The Morgan fingerprint density at radius 1 is 0.786 bits per heavy atom. The van der Waals surface area contributed by atoms with Crippen molar-refractivity contribution in [3.05, 3.63) is 12.2 Å². The van der Waals surface area contributed by atoms with E-state index in [-0.39, 0.29) is 11.4 Å². The minimum atomic E-state index is -1.05. The van der Waals surface area contributed by atoms with Gasteiger partial charge in [-0.2, -0.15) is 0 Å². The Labute approximate surface area is 173 Å². The van der Waals surface area contributed by atoms with Gasteiger partial charge in [0.2, 0.25) is 0 Å². The van der Waals surface area contributed by atoms with Crippen molar-refractivity contribution in [3.8, 4) is 0 Å². The zero-order chi connectivity index (χ0) is 21.0. The van der Waals surface area contributed by atoms with Gasteiger partial charge in [-0.05, 0) is 13.3 Å². The van der Waals surface area contributed by atoms with Gasteiger partial charge in [0, 0.05) is 12.0 Å². The molecule has 0 bridgehead atoms. The Morgan fingerprint density at radius 3 is 1.54 bits per heavy atom. The maximum absolute atomic E-state index is 12.0. The van der Waals surface area contributed by atoms with E-state index in [0.29, 0.717) is 6.42 Å². The Morgan fingerprint density at radius 2 is 1.18 bits per heavy atom. The van der Waals surface area contributed by atoms with E-state index in [4.69, 9.17) is 4.74 Å². The molecule has 0 saturated carbocycles. The highest BCUT2D eigenvalue weighted by Crippen LogP contribution is 2.14. The van der Waals surface area contributed by atoms with Crippen LogP contribution in [-0.4, -0.2) is 29.6 Å². The third kappa shape index (κ3) is 15.9. The van der Waals surface area contributed by atoms with Crippen LogP contribution in [0.2, 0.25) is 0 Å². The Kier molecular flexibility index (Phi) is 18.4. The molecular weight excluding hydrogens is 352 g/mol. The van der Waals surface area contributed by atoms with E-state index in [2.05, 4.69) is 13.5 Å². The lowest BCUT2D eigenvalue weighted by atomic mass is 10.0. The topological polar surface area (TPSA) is 63.6 Å². The summed E-state index contributed by atoms with van der Waals surface area (Å²) in [6, 6.07) is 0. The Bertz CT molecular complexity index is 417. The van der Waals surface area contributed by atoms with E-state index in [1.165, 1.54) is 84.0 Å². The van der Waals surface area contributed by atoms with Crippen LogP contribution in [-0.2, 0) is 14.3 Å². The van der Waals surface area contributed by atoms with Gasteiger partial charge >= 0.3 is 5.97 Å². The largest absolute Gasteiger partial charge is 0.449 e. The summed E-state index contributed by atoms with van der Waals surface area (Å²) in [6.45, 7) is 6.80. The summed E-state index contributed by atoms with van der Waals surface area (Å²) in [6.07, 6.45) is 18.5. The first-order chi connectivity index (χ1) is 13.5. The van der Waals surface area contributed by atoms with Crippen molar-refractivity contribution in [2.24, 2.45) is 0 Å². The molecule has 0 aliphatic carbocycles. The molecule has 0 rings (SSSR count). The number of aliphatic hydroxyl groups is 1. The lowest BCUT2D eigenvalue weighted by Crippen LogP contribution is -2.30. The number of carbonyl (C=O) groups is 2. The number of carbonyl (C=O) groups excluding carboxylic acids is 2. The van der Waals surface area contributed by atoms with E-state index >= 15 is 0 Å². The maximum Gasteiger partial charge on any atom is 0.333 e. The predicted octanol–water partition coefficient (Wildman–Crippen LogP) is 6.30. The Hall–Kier alpha value is -1.16. The van der Waals surface area contributed by atoms with E-state index in [0.717, 1.165) is 19.3 Å². The fraction of sp³-hybridized carbons (Fsp3) is 0.833. The number of aliphatic hydroxyl groups excluding tert-OH is 1. The van der Waals surface area contributed by atoms with Crippen LogP contribution in [0.1, 0.15) is 117 Å². The van der Waals surface area contributed by atoms with E-state index in [1.54, 1.807) is 0 Å². The van der Waals surface area contributed by atoms with Gasteiger partial charge in [0.25, 0.3) is 0 Å². The van der Waals surface area contributed by atoms with Crippen molar-refractivity contribution in [1.29, 1.82) is 0 Å². The summed E-state index contributed by atoms with van der Waals surface area (Å²) in [5.74, 6) is -0.823. The first-order valence-corrected chi connectivity index (χ1v) is 11.5. The van der Waals surface area contributed by atoms with E-state index in [1.807, 2.05) is 0 Å². The molecule has 28 heavy (non-hydrogen) atoms. The molecule has 0 fully saturated rings. The highest BCUT2D eigenvalue weighted by atomic mass is 16.6. The van der Waals surface area contributed by atoms with Crippen molar-refractivity contribution >= 4 is 11.8 Å². The number of esters is 1. The molecule has 164 valence electrons. The maximum atomic E-state index is 12.0. The molecule has 0 radical (unpaired) electrons. The van der Waals surface area contributed by atoms with Gasteiger partial charge in [-0.3, -0.25) is 4.79 Å². The third-order valence-corrected chi connectivity index (χ3v) is 5.15. The number of ether oxygens (including phenoxy) is 1. The molecule has 0 aromatic carbocycles. The van der Waals surface area contributed by atoms with Crippen LogP contribution >= 0.6 is 0 Å². The summed E-state index contributed by atoms with van der Waals surface area (Å²) in [5, 5.41) is 9.22. The van der Waals surface area contributed by atoms with Crippen LogP contribution in [0.15, 0.2) is 12.2 Å². The molecular formula is C24H44O4. The van der Waals surface area contributed by atoms with Crippen LogP contribution in [0.4, 0.5) is 0 Å². The minimum Gasteiger partial charge on any atom is -0.449 e. The first kappa shape index (κ1) is 26.8. The normalized spacial score (nSPS) is 12.0. The number of unbranched alkanes of at least 4 members (excludes halogenated alkanes) is 14. The standard InChI is InChI=1S/C24H44O4/c1-4-5-6-7-8-9-10-11-12-13-14-15-16-17-18-19-22(26)23(20-25)28-24(27)21(2)3/h23,25H,2,4-20H2,1,3H3. The predicted molar refractivity (Wildman–Crippen MR) is 116 cm³/mol. The first-order valence-electron chi connectivity index (χ1n) is 11.5. The number of rotatable bonds is 20. The summed E-state index contributed by atoms with van der Waals surface area (Å²) in [4.78, 5) is 23.4. The van der Waals surface area contributed by atoms with Crippen molar-refractivity contribution in [1.82, 2.24) is 0 Å². The number of Topliss-reactive ketones (excluding diaryl/α,β-unsaturated/α-hetero) is 1. The van der Waals surface area contributed by atoms with Gasteiger partial charge in [-0.25, -0.2) is 4.79 Å². The molecule has 1 atom stereocenters.